The van der Waals surface area contributed by atoms with Crippen LogP contribution in [-0.4, -0.2) is 47.9 Å². The Kier molecular flexibility index (Phi) is 3.92. The molecule has 0 bridgehead atoms. The molecular formula is C20H28N2O. The quantitative estimate of drug-likeness (QED) is 0.836. The van der Waals surface area contributed by atoms with Crippen LogP contribution in [0.2, 0.25) is 0 Å². The van der Waals surface area contributed by atoms with Crippen LogP contribution in [0.3, 0.4) is 0 Å². The summed E-state index contributed by atoms with van der Waals surface area (Å²) in [5.41, 5.74) is 3.81. The molecule has 1 aliphatic carbocycles. The summed E-state index contributed by atoms with van der Waals surface area (Å²) < 4.78 is 0. The summed E-state index contributed by atoms with van der Waals surface area (Å²) in [4.78, 5) is 17.9. The Labute approximate surface area is 139 Å². The number of amides is 1. The maximum absolute atomic E-state index is 13.2. The SMILES string of the molecule is CCN1CCC(C)C(N2CC3CCCc4cccc(c43)C2=O)C1. The van der Waals surface area contributed by atoms with Crippen LogP contribution >= 0.6 is 0 Å². The van der Waals surface area contributed by atoms with Gasteiger partial charge in [-0.05, 0) is 61.9 Å². The summed E-state index contributed by atoms with van der Waals surface area (Å²) in [7, 11) is 0. The van der Waals surface area contributed by atoms with E-state index in [1.54, 1.807) is 0 Å². The molecule has 3 nitrogen and oxygen atoms in total. The third kappa shape index (κ3) is 2.50. The smallest absolute Gasteiger partial charge is 0.254 e. The average molecular weight is 312 g/mol. The molecule has 3 aliphatic rings. The van der Waals surface area contributed by atoms with Gasteiger partial charge < -0.3 is 9.80 Å². The second kappa shape index (κ2) is 5.94. The van der Waals surface area contributed by atoms with Gasteiger partial charge in [-0.2, -0.15) is 0 Å². The van der Waals surface area contributed by atoms with Crippen LogP contribution in [0.5, 0.6) is 0 Å². The summed E-state index contributed by atoms with van der Waals surface area (Å²) in [5, 5.41) is 0. The van der Waals surface area contributed by atoms with E-state index in [4.69, 9.17) is 0 Å². The van der Waals surface area contributed by atoms with Crippen molar-refractivity contribution in [3.05, 3.63) is 34.9 Å². The molecule has 2 aliphatic heterocycles. The molecule has 3 atom stereocenters. The highest BCUT2D eigenvalue weighted by Gasteiger charge is 2.40. The van der Waals surface area contributed by atoms with Gasteiger partial charge in [-0.1, -0.05) is 26.0 Å². The van der Waals surface area contributed by atoms with E-state index in [2.05, 4.69) is 41.8 Å². The molecule has 124 valence electrons. The third-order valence-corrected chi connectivity index (χ3v) is 6.36. The molecule has 0 saturated carbocycles. The average Bonchev–Trinajstić information content (AvgIpc) is 2.59. The van der Waals surface area contributed by atoms with Crippen molar-refractivity contribution in [1.29, 1.82) is 0 Å². The Morgan fingerprint density at radius 2 is 2.09 bits per heavy atom. The van der Waals surface area contributed by atoms with E-state index in [1.807, 2.05) is 0 Å². The standard InChI is InChI=1S/C20H28N2O/c1-3-21-11-10-14(2)18(13-21)22-12-16-8-4-6-15-7-5-9-17(19(15)16)20(22)23/h5,7,9,14,16,18H,3-4,6,8,10-13H2,1-2H3. The molecule has 2 heterocycles. The first-order chi connectivity index (χ1) is 11.2. The number of rotatable bonds is 2. The Balaban J connectivity index is 1.68. The summed E-state index contributed by atoms with van der Waals surface area (Å²) >= 11 is 0. The number of piperidine rings is 1. The fourth-order valence-electron chi connectivity index (χ4n) is 4.93. The number of carbonyl (C=O) groups is 1. The zero-order valence-corrected chi connectivity index (χ0v) is 14.4. The predicted octanol–water partition coefficient (Wildman–Crippen LogP) is 3.29. The van der Waals surface area contributed by atoms with Crippen LogP contribution in [0.25, 0.3) is 0 Å². The van der Waals surface area contributed by atoms with Crippen LogP contribution in [0.1, 0.15) is 60.5 Å². The molecule has 1 saturated heterocycles. The Morgan fingerprint density at radius 1 is 1.22 bits per heavy atom. The van der Waals surface area contributed by atoms with E-state index < -0.39 is 0 Å². The van der Waals surface area contributed by atoms with Crippen LogP contribution in [0.4, 0.5) is 0 Å². The van der Waals surface area contributed by atoms with Gasteiger partial charge >= 0.3 is 0 Å². The first kappa shape index (κ1) is 15.2. The number of hydrogen-bond acceptors (Lipinski definition) is 2. The number of carbonyl (C=O) groups excluding carboxylic acids is 1. The van der Waals surface area contributed by atoms with Crippen molar-refractivity contribution in [1.82, 2.24) is 9.80 Å². The van der Waals surface area contributed by atoms with Gasteiger partial charge in [-0.15, -0.1) is 0 Å². The van der Waals surface area contributed by atoms with Gasteiger partial charge in [-0.3, -0.25) is 4.79 Å². The van der Waals surface area contributed by atoms with Gasteiger partial charge in [-0.25, -0.2) is 0 Å². The topological polar surface area (TPSA) is 23.6 Å². The van der Waals surface area contributed by atoms with Gasteiger partial charge in [0.05, 0.1) is 0 Å². The molecular weight excluding hydrogens is 284 g/mol. The van der Waals surface area contributed by atoms with Crippen molar-refractivity contribution >= 4 is 5.91 Å². The zero-order valence-electron chi connectivity index (χ0n) is 14.4. The molecule has 3 unspecified atom stereocenters. The normalized spacial score (nSPS) is 31.1. The molecule has 1 aromatic rings. The first-order valence-electron chi connectivity index (χ1n) is 9.34. The highest BCUT2D eigenvalue weighted by molar-refractivity contribution is 5.97. The van der Waals surface area contributed by atoms with Crippen molar-refractivity contribution < 1.29 is 4.79 Å². The molecule has 1 aromatic carbocycles. The van der Waals surface area contributed by atoms with Crippen LogP contribution in [-0.2, 0) is 6.42 Å². The number of hydrogen-bond donors (Lipinski definition) is 0. The molecule has 0 aromatic heterocycles. The summed E-state index contributed by atoms with van der Waals surface area (Å²) in [6, 6.07) is 6.77. The highest BCUT2D eigenvalue weighted by atomic mass is 16.2. The molecule has 23 heavy (non-hydrogen) atoms. The lowest BCUT2D eigenvalue weighted by Gasteiger charge is -2.47. The van der Waals surface area contributed by atoms with E-state index in [-0.39, 0.29) is 5.91 Å². The summed E-state index contributed by atoms with van der Waals surface area (Å²) in [5.74, 6) is 1.46. The second-order valence-corrected chi connectivity index (χ2v) is 7.65. The number of nitrogens with zero attached hydrogens (tertiary/aromatic N) is 2. The predicted molar refractivity (Wildman–Crippen MR) is 92.8 cm³/mol. The molecule has 1 amide bonds. The van der Waals surface area contributed by atoms with Gasteiger partial charge in [0.1, 0.15) is 0 Å². The highest BCUT2D eigenvalue weighted by Crippen LogP contribution is 2.40. The third-order valence-electron chi connectivity index (χ3n) is 6.36. The van der Waals surface area contributed by atoms with E-state index in [9.17, 15) is 4.79 Å². The van der Waals surface area contributed by atoms with Crippen molar-refractivity contribution in [3.8, 4) is 0 Å². The summed E-state index contributed by atoms with van der Waals surface area (Å²) in [6.45, 7) is 8.82. The second-order valence-electron chi connectivity index (χ2n) is 7.65. The molecule has 4 rings (SSSR count). The van der Waals surface area contributed by atoms with E-state index >= 15 is 0 Å². The monoisotopic (exact) mass is 312 g/mol. The van der Waals surface area contributed by atoms with E-state index in [0.29, 0.717) is 17.9 Å². The molecule has 0 spiro atoms. The lowest BCUT2D eigenvalue weighted by atomic mass is 9.76. The number of likely N-dealkylation sites (tertiary alicyclic amines) is 1. The van der Waals surface area contributed by atoms with E-state index in [1.165, 1.54) is 36.9 Å². The van der Waals surface area contributed by atoms with Crippen LogP contribution in [0, 0.1) is 5.92 Å². The van der Waals surface area contributed by atoms with Gasteiger partial charge in [0.15, 0.2) is 0 Å². The van der Waals surface area contributed by atoms with Crippen molar-refractivity contribution in [3.63, 3.8) is 0 Å². The number of aryl methyl sites for hydroxylation is 1. The molecule has 3 heteroatoms. The van der Waals surface area contributed by atoms with Crippen molar-refractivity contribution in [2.75, 3.05) is 26.2 Å². The minimum absolute atomic E-state index is 0.287. The maximum Gasteiger partial charge on any atom is 0.254 e. The largest absolute Gasteiger partial charge is 0.333 e. The minimum atomic E-state index is 0.287. The fourth-order valence-corrected chi connectivity index (χ4v) is 4.93. The van der Waals surface area contributed by atoms with Crippen LogP contribution < -0.4 is 0 Å². The van der Waals surface area contributed by atoms with Crippen molar-refractivity contribution in [2.45, 2.75) is 51.5 Å². The number of likely N-dealkylation sites (N-methyl/N-ethyl adjacent to an activating group) is 1. The lowest BCUT2D eigenvalue weighted by molar-refractivity contribution is 0.0352. The zero-order chi connectivity index (χ0) is 16.0. The van der Waals surface area contributed by atoms with E-state index in [0.717, 1.165) is 31.6 Å². The Hall–Kier alpha value is -1.35. The molecule has 1 fully saturated rings. The summed E-state index contributed by atoms with van der Waals surface area (Å²) in [6.07, 6.45) is 4.87. The fraction of sp³-hybridized carbons (Fsp3) is 0.650. The van der Waals surface area contributed by atoms with Gasteiger partial charge in [0.2, 0.25) is 0 Å². The molecule has 0 radical (unpaired) electrons. The van der Waals surface area contributed by atoms with Gasteiger partial charge in [0.25, 0.3) is 5.91 Å². The maximum atomic E-state index is 13.2. The van der Waals surface area contributed by atoms with Crippen LogP contribution in [0.15, 0.2) is 18.2 Å². The van der Waals surface area contributed by atoms with Gasteiger partial charge in [0, 0.05) is 30.6 Å². The Bertz CT molecular complexity index is 612. The minimum Gasteiger partial charge on any atom is -0.333 e. The van der Waals surface area contributed by atoms with Crippen molar-refractivity contribution in [2.24, 2.45) is 5.92 Å². The first-order valence-corrected chi connectivity index (χ1v) is 9.34. The lowest BCUT2D eigenvalue weighted by Crippen LogP contribution is -2.56. The molecule has 0 N–H and O–H groups in total. The Morgan fingerprint density at radius 3 is 2.91 bits per heavy atom. The number of benzene rings is 1.